The molecule has 102 valence electrons. The first-order valence-electron chi connectivity index (χ1n) is 6.36. The number of carbonyl (C=O) groups is 1. The van der Waals surface area contributed by atoms with Crippen LogP contribution >= 0.6 is 0 Å². The monoisotopic (exact) mass is 251 g/mol. The van der Waals surface area contributed by atoms with Crippen molar-refractivity contribution in [1.29, 1.82) is 0 Å². The normalized spacial score (nSPS) is 12.7. The topological polar surface area (TPSA) is 33.5 Å². The van der Waals surface area contributed by atoms with Crippen molar-refractivity contribution in [1.82, 2.24) is 4.90 Å². The van der Waals surface area contributed by atoms with Gasteiger partial charge in [0.15, 0.2) is 0 Å². The Morgan fingerprint density at radius 1 is 1.06 bits per heavy atom. The summed E-state index contributed by atoms with van der Waals surface area (Å²) in [6, 6.07) is 1.82. The summed E-state index contributed by atoms with van der Waals surface area (Å²) in [5.74, 6) is 1.50. The minimum atomic E-state index is -0.229. The van der Waals surface area contributed by atoms with Crippen LogP contribution in [0, 0.1) is 13.8 Å². The number of amides is 1. The molecule has 18 heavy (non-hydrogen) atoms. The van der Waals surface area contributed by atoms with Gasteiger partial charge in [-0.25, -0.2) is 0 Å². The van der Waals surface area contributed by atoms with Crippen LogP contribution in [0.3, 0.4) is 0 Å². The summed E-state index contributed by atoms with van der Waals surface area (Å²) in [6.07, 6.45) is 0. The summed E-state index contributed by atoms with van der Waals surface area (Å²) in [4.78, 5) is 14.7. The van der Waals surface area contributed by atoms with Crippen molar-refractivity contribution in [2.75, 3.05) is 0 Å². The molecule has 0 bridgehead atoms. The molecule has 1 rings (SSSR count). The molecular weight excluding hydrogens is 226 g/mol. The van der Waals surface area contributed by atoms with E-state index < -0.39 is 0 Å². The van der Waals surface area contributed by atoms with Crippen LogP contribution in [-0.4, -0.2) is 21.9 Å². The van der Waals surface area contributed by atoms with Gasteiger partial charge in [-0.3, -0.25) is 4.79 Å². The molecule has 0 N–H and O–H groups in total. The van der Waals surface area contributed by atoms with E-state index in [0.29, 0.717) is 11.3 Å². The van der Waals surface area contributed by atoms with Crippen molar-refractivity contribution in [2.45, 2.75) is 66.5 Å². The second-order valence-electron chi connectivity index (χ2n) is 6.81. The molecule has 0 aliphatic heterocycles. The van der Waals surface area contributed by atoms with Gasteiger partial charge in [0.25, 0.3) is 5.91 Å². The maximum atomic E-state index is 12.7. The fourth-order valence-corrected chi connectivity index (χ4v) is 2.58. The van der Waals surface area contributed by atoms with Crippen LogP contribution in [0.4, 0.5) is 0 Å². The van der Waals surface area contributed by atoms with Crippen LogP contribution in [-0.2, 0) is 0 Å². The zero-order valence-electron chi connectivity index (χ0n) is 12.8. The van der Waals surface area contributed by atoms with Gasteiger partial charge in [0.2, 0.25) is 0 Å². The third kappa shape index (κ3) is 2.95. The lowest BCUT2D eigenvalue weighted by molar-refractivity contribution is 0.0269. The smallest absolute Gasteiger partial charge is 0.258 e. The van der Waals surface area contributed by atoms with Crippen LogP contribution in [0.2, 0.25) is 0 Å². The van der Waals surface area contributed by atoms with Crippen molar-refractivity contribution in [3.8, 4) is 0 Å². The first-order chi connectivity index (χ1) is 7.94. The van der Waals surface area contributed by atoms with E-state index in [-0.39, 0.29) is 17.0 Å². The molecule has 3 nitrogen and oxygen atoms in total. The minimum absolute atomic E-state index is 0.0318. The van der Waals surface area contributed by atoms with E-state index in [4.69, 9.17) is 4.42 Å². The van der Waals surface area contributed by atoms with E-state index in [0.717, 1.165) is 5.76 Å². The Hall–Kier alpha value is -1.25. The molecule has 0 radical (unpaired) electrons. The quantitative estimate of drug-likeness (QED) is 0.757. The average Bonchev–Trinajstić information content (AvgIpc) is 2.39. The maximum Gasteiger partial charge on any atom is 0.258 e. The van der Waals surface area contributed by atoms with Gasteiger partial charge in [0.1, 0.15) is 11.5 Å². The molecule has 0 atom stereocenters. The van der Waals surface area contributed by atoms with E-state index in [1.54, 1.807) is 0 Å². The highest BCUT2D eigenvalue weighted by Gasteiger charge is 2.37. The number of hydrogen-bond acceptors (Lipinski definition) is 2. The molecule has 0 aromatic carbocycles. The van der Waals surface area contributed by atoms with E-state index >= 15 is 0 Å². The second kappa shape index (κ2) is 4.45. The fourth-order valence-electron chi connectivity index (χ4n) is 2.58. The highest BCUT2D eigenvalue weighted by molar-refractivity contribution is 5.96. The Bertz CT molecular complexity index is 430. The molecule has 0 saturated heterocycles. The molecule has 0 unspecified atom stereocenters. The zero-order valence-corrected chi connectivity index (χ0v) is 12.8. The minimum Gasteiger partial charge on any atom is -0.466 e. The first kappa shape index (κ1) is 14.8. The number of hydrogen-bond donors (Lipinski definition) is 0. The van der Waals surface area contributed by atoms with Crippen molar-refractivity contribution >= 4 is 5.91 Å². The predicted octanol–water partition coefficient (Wildman–Crippen LogP) is 3.94. The Labute approximate surface area is 110 Å². The van der Waals surface area contributed by atoms with Crippen LogP contribution in [0.25, 0.3) is 0 Å². The average molecular weight is 251 g/mol. The lowest BCUT2D eigenvalue weighted by Gasteiger charge is -2.45. The number of aryl methyl sites for hydroxylation is 2. The van der Waals surface area contributed by atoms with Crippen molar-refractivity contribution in [3.05, 3.63) is 23.2 Å². The van der Waals surface area contributed by atoms with Crippen molar-refractivity contribution in [2.24, 2.45) is 0 Å². The molecule has 1 aromatic rings. The molecule has 0 aliphatic carbocycles. The van der Waals surface area contributed by atoms with E-state index in [9.17, 15) is 4.79 Å². The number of furan rings is 1. The predicted molar refractivity (Wildman–Crippen MR) is 73.9 cm³/mol. The molecule has 1 heterocycles. The third-order valence-corrected chi connectivity index (χ3v) is 2.82. The standard InChI is InChI=1S/C15H25NO2/c1-10-9-12(11(2)18-10)13(17)16(14(3,4)5)15(6,7)8/h9H,1-8H3. The van der Waals surface area contributed by atoms with Gasteiger partial charge in [-0.2, -0.15) is 0 Å². The fraction of sp³-hybridized carbons (Fsp3) is 0.667. The number of nitrogens with zero attached hydrogens (tertiary/aromatic N) is 1. The van der Waals surface area contributed by atoms with Crippen LogP contribution in [0.15, 0.2) is 10.5 Å². The summed E-state index contributed by atoms with van der Waals surface area (Å²) >= 11 is 0. The van der Waals surface area contributed by atoms with Gasteiger partial charge in [-0.1, -0.05) is 0 Å². The van der Waals surface area contributed by atoms with E-state index in [1.165, 1.54) is 0 Å². The number of carbonyl (C=O) groups excluding carboxylic acids is 1. The third-order valence-electron chi connectivity index (χ3n) is 2.82. The highest BCUT2D eigenvalue weighted by atomic mass is 16.3. The Kier molecular flexibility index (Phi) is 3.66. The van der Waals surface area contributed by atoms with Gasteiger partial charge < -0.3 is 9.32 Å². The van der Waals surface area contributed by atoms with Crippen LogP contribution in [0.1, 0.15) is 63.4 Å². The van der Waals surface area contributed by atoms with Crippen molar-refractivity contribution in [3.63, 3.8) is 0 Å². The van der Waals surface area contributed by atoms with Gasteiger partial charge >= 0.3 is 0 Å². The molecule has 1 aromatic heterocycles. The van der Waals surface area contributed by atoms with E-state index in [2.05, 4.69) is 41.5 Å². The van der Waals surface area contributed by atoms with Gasteiger partial charge in [0, 0.05) is 11.1 Å². The number of rotatable bonds is 1. The molecule has 3 heteroatoms. The lowest BCUT2D eigenvalue weighted by atomic mass is 9.94. The lowest BCUT2D eigenvalue weighted by Crippen LogP contribution is -2.55. The largest absolute Gasteiger partial charge is 0.466 e. The van der Waals surface area contributed by atoms with Gasteiger partial charge in [0.05, 0.1) is 5.56 Å². The molecule has 0 aliphatic rings. The molecule has 1 amide bonds. The molecule has 0 spiro atoms. The molecule has 0 fully saturated rings. The molecule has 0 saturated carbocycles. The Morgan fingerprint density at radius 2 is 1.50 bits per heavy atom. The van der Waals surface area contributed by atoms with Crippen LogP contribution in [0.5, 0.6) is 0 Å². The Morgan fingerprint density at radius 3 is 1.78 bits per heavy atom. The zero-order chi connectivity index (χ0) is 14.3. The highest BCUT2D eigenvalue weighted by Crippen LogP contribution is 2.28. The Balaban J connectivity index is 3.24. The summed E-state index contributed by atoms with van der Waals surface area (Å²) < 4.78 is 5.46. The summed E-state index contributed by atoms with van der Waals surface area (Å²) in [5.41, 5.74) is 0.206. The first-order valence-corrected chi connectivity index (χ1v) is 6.36. The summed E-state index contributed by atoms with van der Waals surface area (Å²) in [7, 11) is 0. The van der Waals surface area contributed by atoms with E-state index in [1.807, 2.05) is 24.8 Å². The SMILES string of the molecule is Cc1cc(C(=O)N(C(C)(C)C)C(C)(C)C)c(C)o1. The second-order valence-corrected chi connectivity index (χ2v) is 6.81. The van der Waals surface area contributed by atoms with Crippen LogP contribution < -0.4 is 0 Å². The summed E-state index contributed by atoms with van der Waals surface area (Å²) in [5, 5.41) is 0. The van der Waals surface area contributed by atoms with Gasteiger partial charge in [-0.05, 0) is 61.5 Å². The van der Waals surface area contributed by atoms with Gasteiger partial charge in [-0.15, -0.1) is 0 Å². The molecular formula is C15H25NO2. The maximum absolute atomic E-state index is 12.7. The summed E-state index contributed by atoms with van der Waals surface area (Å²) in [6.45, 7) is 16.0. The van der Waals surface area contributed by atoms with Crippen molar-refractivity contribution < 1.29 is 9.21 Å².